The summed E-state index contributed by atoms with van der Waals surface area (Å²) in [4.78, 5) is 12.1. The quantitative estimate of drug-likeness (QED) is 0.654. The molecule has 2 heterocycles. The highest BCUT2D eigenvalue weighted by atomic mass is 16.5. The molecule has 2 bridgehead atoms. The van der Waals surface area contributed by atoms with Crippen molar-refractivity contribution in [1.82, 2.24) is 0 Å². The summed E-state index contributed by atoms with van der Waals surface area (Å²) in [5, 5.41) is 0. The van der Waals surface area contributed by atoms with E-state index in [2.05, 4.69) is 0 Å². The molecule has 4 atom stereocenters. The van der Waals surface area contributed by atoms with E-state index in [1.807, 2.05) is 24.3 Å². The molecule has 4 nitrogen and oxygen atoms in total. The molecule has 0 saturated carbocycles. The van der Waals surface area contributed by atoms with Crippen LogP contribution in [0.3, 0.4) is 0 Å². The number of nitrogens with two attached hydrogens (primary N) is 1. The Morgan fingerprint density at radius 1 is 1.32 bits per heavy atom. The molecule has 1 aromatic carbocycles. The largest absolute Gasteiger partial charge is 0.469 e. The number of nitrogen functional groups attached to an aromatic ring is 1. The van der Waals surface area contributed by atoms with Crippen LogP contribution in [-0.4, -0.2) is 25.3 Å². The molecule has 0 aliphatic carbocycles. The summed E-state index contributed by atoms with van der Waals surface area (Å²) in [6.45, 7) is 0. The van der Waals surface area contributed by atoms with Crippen LogP contribution in [0.1, 0.15) is 30.7 Å². The number of esters is 1. The van der Waals surface area contributed by atoms with Crippen LogP contribution < -0.4 is 5.73 Å². The van der Waals surface area contributed by atoms with Crippen LogP contribution in [0.5, 0.6) is 0 Å². The minimum Gasteiger partial charge on any atom is -0.469 e. The van der Waals surface area contributed by atoms with Crippen molar-refractivity contribution in [2.45, 2.75) is 37.4 Å². The van der Waals surface area contributed by atoms with Gasteiger partial charge in [0.25, 0.3) is 0 Å². The monoisotopic (exact) mass is 261 g/mol. The lowest BCUT2D eigenvalue weighted by Gasteiger charge is -2.35. The first kappa shape index (κ1) is 12.5. The Balaban J connectivity index is 1.92. The lowest BCUT2D eigenvalue weighted by atomic mass is 9.79. The minimum atomic E-state index is -0.188. The van der Waals surface area contributed by atoms with Gasteiger partial charge in [-0.15, -0.1) is 0 Å². The average Bonchev–Trinajstić information content (AvgIpc) is 2.80. The van der Waals surface area contributed by atoms with Crippen molar-refractivity contribution in [3.63, 3.8) is 0 Å². The normalized spacial score (nSPS) is 33.1. The van der Waals surface area contributed by atoms with Gasteiger partial charge in [-0.1, -0.05) is 12.1 Å². The Hall–Kier alpha value is -1.55. The highest BCUT2D eigenvalue weighted by Gasteiger charge is 2.47. The van der Waals surface area contributed by atoms with E-state index in [9.17, 15) is 4.79 Å². The van der Waals surface area contributed by atoms with Crippen molar-refractivity contribution in [1.29, 1.82) is 0 Å². The van der Waals surface area contributed by atoms with Crippen LogP contribution in [-0.2, 0) is 14.3 Å². The average molecular weight is 261 g/mol. The van der Waals surface area contributed by atoms with Crippen molar-refractivity contribution in [3.8, 4) is 0 Å². The number of benzene rings is 1. The predicted octanol–water partition coefficient (Wildman–Crippen LogP) is 2.09. The molecule has 2 fully saturated rings. The first-order chi connectivity index (χ1) is 9.19. The van der Waals surface area contributed by atoms with Crippen LogP contribution in [0.25, 0.3) is 0 Å². The number of carbonyl (C=O) groups excluding carboxylic acids is 1. The Labute approximate surface area is 112 Å². The van der Waals surface area contributed by atoms with Gasteiger partial charge in [-0.05, 0) is 37.0 Å². The number of carbonyl (C=O) groups is 1. The lowest BCUT2D eigenvalue weighted by Crippen LogP contribution is -2.39. The molecule has 2 aliphatic rings. The third-order valence-corrected chi connectivity index (χ3v) is 4.33. The first-order valence-corrected chi connectivity index (χ1v) is 6.77. The van der Waals surface area contributed by atoms with Crippen molar-refractivity contribution in [3.05, 3.63) is 29.8 Å². The summed E-state index contributed by atoms with van der Waals surface area (Å²) < 4.78 is 10.9. The van der Waals surface area contributed by atoms with Gasteiger partial charge in [0.1, 0.15) is 0 Å². The van der Waals surface area contributed by atoms with Crippen LogP contribution in [0, 0.1) is 5.92 Å². The summed E-state index contributed by atoms with van der Waals surface area (Å²) in [6, 6.07) is 7.81. The van der Waals surface area contributed by atoms with Gasteiger partial charge in [0, 0.05) is 11.6 Å². The summed E-state index contributed by atoms with van der Waals surface area (Å²) in [5.74, 6) is -0.168. The molecule has 1 unspecified atom stereocenters. The molecule has 0 amide bonds. The number of fused-ring (bicyclic) bond motifs is 2. The van der Waals surface area contributed by atoms with Gasteiger partial charge in [-0.25, -0.2) is 0 Å². The molecule has 0 radical (unpaired) electrons. The molecule has 0 aromatic heterocycles. The molecular formula is C15H19NO3. The molecule has 2 saturated heterocycles. The lowest BCUT2D eigenvalue weighted by molar-refractivity contribution is -0.156. The van der Waals surface area contributed by atoms with E-state index in [0.717, 1.165) is 30.5 Å². The third kappa shape index (κ3) is 2.21. The molecule has 102 valence electrons. The van der Waals surface area contributed by atoms with Crippen molar-refractivity contribution >= 4 is 11.7 Å². The number of anilines is 1. The van der Waals surface area contributed by atoms with Crippen LogP contribution in [0.2, 0.25) is 0 Å². The maximum absolute atomic E-state index is 12.1. The Morgan fingerprint density at radius 2 is 2.05 bits per heavy atom. The van der Waals surface area contributed by atoms with Crippen LogP contribution in [0.15, 0.2) is 24.3 Å². The Kier molecular flexibility index (Phi) is 3.19. The fourth-order valence-corrected chi connectivity index (χ4v) is 3.40. The molecule has 2 N–H and O–H groups in total. The second-order valence-corrected chi connectivity index (χ2v) is 5.43. The van der Waals surface area contributed by atoms with Crippen molar-refractivity contribution < 1.29 is 14.3 Å². The molecule has 19 heavy (non-hydrogen) atoms. The summed E-state index contributed by atoms with van der Waals surface area (Å²) in [7, 11) is 1.45. The van der Waals surface area contributed by atoms with E-state index in [0.29, 0.717) is 0 Å². The predicted molar refractivity (Wildman–Crippen MR) is 71.6 cm³/mol. The van der Waals surface area contributed by atoms with Crippen LogP contribution >= 0.6 is 0 Å². The fraction of sp³-hybridized carbons (Fsp3) is 0.533. The van der Waals surface area contributed by atoms with Gasteiger partial charge >= 0.3 is 5.97 Å². The number of ether oxygens (including phenoxy) is 2. The molecule has 1 aromatic rings. The van der Waals surface area contributed by atoms with Crippen molar-refractivity contribution in [2.75, 3.05) is 12.8 Å². The van der Waals surface area contributed by atoms with E-state index < -0.39 is 0 Å². The van der Waals surface area contributed by atoms with E-state index in [1.54, 1.807) is 0 Å². The SMILES string of the molecule is COC(=O)[C@@H]1[C@@H]2CCC(C[C@@H]1c1ccc(N)cc1)O2. The highest BCUT2D eigenvalue weighted by molar-refractivity contribution is 5.74. The summed E-state index contributed by atoms with van der Waals surface area (Å²) in [5.41, 5.74) is 7.63. The fourth-order valence-electron chi connectivity index (χ4n) is 3.40. The molecular weight excluding hydrogens is 242 g/mol. The molecule has 2 aliphatic heterocycles. The maximum atomic E-state index is 12.1. The van der Waals surface area contributed by atoms with Gasteiger partial charge in [0.05, 0.1) is 25.2 Å². The number of hydrogen-bond donors (Lipinski definition) is 1. The molecule has 4 heteroatoms. The molecule has 0 spiro atoms. The Bertz CT molecular complexity index is 471. The zero-order valence-electron chi connectivity index (χ0n) is 11.0. The second-order valence-electron chi connectivity index (χ2n) is 5.43. The topological polar surface area (TPSA) is 61.5 Å². The number of methoxy groups -OCH3 is 1. The van der Waals surface area contributed by atoms with Gasteiger partial charge in [0.2, 0.25) is 0 Å². The number of hydrogen-bond acceptors (Lipinski definition) is 4. The molecule has 3 rings (SSSR count). The first-order valence-electron chi connectivity index (χ1n) is 6.77. The van der Waals surface area contributed by atoms with Gasteiger partial charge < -0.3 is 15.2 Å². The third-order valence-electron chi connectivity index (χ3n) is 4.33. The second kappa shape index (κ2) is 4.85. The zero-order valence-corrected chi connectivity index (χ0v) is 11.0. The van der Waals surface area contributed by atoms with Gasteiger partial charge in [-0.3, -0.25) is 4.79 Å². The zero-order chi connectivity index (χ0) is 13.4. The maximum Gasteiger partial charge on any atom is 0.311 e. The van der Waals surface area contributed by atoms with E-state index in [4.69, 9.17) is 15.2 Å². The van der Waals surface area contributed by atoms with Gasteiger partial charge in [-0.2, -0.15) is 0 Å². The van der Waals surface area contributed by atoms with Crippen LogP contribution in [0.4, 0.5) is 5.69 Å². The summed E-state index contributed by atoms with van der Waals surface area (Å²) in [6.07, 6.45) is 3.18. The van der Waals surface area contributed by atoms with Crippen molar-refractivity contribution in [2.24, 2.45) is 5.92 Å². The highest BCUT2D eigenvalue weighted by Crippen LogP contribution is 2.45. The van der Waals surface area contributed by atoms with E-state index in [1.165, 1.54) is 7.11 Å². The number of rotatable bonds is 2. The standard InChI is InChI=1S/C15H19NO3/c1-18-15(17)14-12(8-11-6-7-13(14)19-11)9-2-4-10(16)5-3-9/h2-5,11-14H,6-8,16H2,1H3/t11?,12-,13+,14+/m1/s1. The minimum absolute atomic E-state index is 0.00810. The van der Waals surface area contributed by atoms with E-state index >= 15 is 0 Å². The van der Waals surface area contributed by atoms with Gasteiger partial charge in [0.15, 0.2) is 0 Å². The van der Waals surface area contributed by atoms with E-state index in [-0.39, 0.29) is 30.0 Å². The Morgan fingerprint density at radius 3 is 2.74 bits per heavy atom. The summed E-state index contributed by atoms with van der Waals surface area (Å²) >= 11 is 0. The smallest absolute Gasteiger partial charge is 0.311 e.